The molecule has 35 heavy (non-hydrogen) atoms. The van der Waals surface area contributed by atoms with Gasteiger partial charge in [-0.15, -0.1) is 0 Å². The highest BCUT2D eigenvalue weighted by Crippen LogP contribution is 2.33. The molecule has 8 nitrogen and oxygen atoms in total. The van der Waals surface area contributed by atoms with Crippen molar-refractivity contribution in [3.63, 3.8) is 0 Å². The van der Waals surface area contributed by atoms with Gasteiger partial charge in [-0.1, -0.05) is 6.07 Å². The first kappa shape index (κ1) is 23.3. The number of fused-ring (bicyclic) bond motifs is 2. The van der Waals surface area contributed by atoms with Gasteiger partial charge in [-0.05, 0) is 42.0 Å². The van der Waals surface area contributed by atoms with Gasteiger partial charge in [-0.2, -0.15) is 4.31 Å². The van der Waals surface area contributed by atoms with Crippen molar-refractivity contribution >= 4 is 21.6 Å². The molecule has 3 heterocycles. The number of aromatic nitrogens is 1. The molecule has 1 atom stereocenters. The number of halogens is 2. The molecule has 1 saturated heterocycles. The van der Waals surface area contributed by atoms with E-state index in [0.717, 1.165) is 6.07 Å². The van der Waals surface area contributed by atoms with E-state index in [1.807, 2.05) is 4.90 Å². The molecule has 0 bridgehead atoms. The van der Waals surface area contributed by atoms with Crippen LogP contribution in [0.1, 0.15) is 0 Å². The van der Waals surface area contributed by atoms with Gasteiger partial charge < -0.3 is 10.1 Å². The number of rotatable bonds is 3. The summed E-state index contributed by atoms with van der Waals surface area (Å²) in [4.78, 5) is 18.7. The van der Waals surface area contributed by atoms with E-state index < -0.39 is 21.7 Å². The molecule has 0 spiro atoms. The van der Waals surface area contributed by atoms with Crippen LogP contribution in [0.2, 0.25) is 0 Å². The van der Waals surface area contributed by atoms with Crippen LogP contribution in [0.15, 0.2) is 65.8 Å². The number of sulfonamides is 1. The van der Waals surface area contributed by atoms with Crippen molar-refractivity contribution in [3.05, 3.63) is 72.6 Å². The van der Waals surface area contributed by atoms with Gasteiger partial charge in [-0.3, -0.25) is 14.7 Å². The van der Waals surface area contributed by atoms with Crippen LogP contribution in [0.25, 0.3) is 11.1 Å². The van der Waals surface area contributed by atoms with Crippen LogP contribution >= 0.6 is 0 Å². The third-order valence-electron chi connectivity index (χ3n) is 6.11. The Labute approximate surface area is 201 Å². The zero-order valence-electron chi connectivity index (χ0n) is 18.5. The Kier molecular flexibility index (Phi) is 6.22. The van der Waals surface area contributed by atoms with Crippen molar-refractivity contribution in [2.45, 2.75) is 10.9 Å². The number of pyridine rings is 1. The fourth-order valence-electron chi connectivity index (χ4n) is 4.30. The molecule has 0 aliphatic carbocycles. The smallest absolute Gasteiger partial charge is 0.244 e. The number of benzene rings is 2. The van der Waals surface area contributed by atoms with Crippen molar-refractivity contribution in [2.24, 2.45) is 0 Å². The SMILES string of the molecule is O=C1CN2CCN(S(=O)(=O)c3cccnc3)C[C@@H]2COc2ccc(-c3ccc(F)cc3F)cc2N1. The van der Waals surface area contributed by atoms with E-state index in [1.165, 1.54) is 34.9 Å². The van der Waals surface area contributed by atoms with E-state index in [-0.39, 0.29) is 48.6 Å². The molecular formula is C24H22F2N4O4S. The Balaban J connectivity index is 1.39. The predicted molar refractivity (Wildman–Crippen MR) is 124 cm³/mol. The Morgan fingerprint density at radius 1 is 1.09 bits per heavy atom. The van der Waals surface area contributed by atoms with E-state index in [0.29, 0.717) is 23.5 Å². The third kappa shape index (κ3) is 4.75. The summed E-state index contributed by atoms with van der Waals surface area (Å²) in [6.07, 6.45) is 2.82. The molecule has 1 aromatic heterocycles. The topological polar surface area (TPSA) is 91.8 Å². The highest BCUT2D eigenvalue weighted by Gasteiger charge is 2.36. The summed E-state index contributed by atoms with van der Waals surface area (Å²) in [5.41, 5.74) is 1.00. The fraction of sp³-hybridized carbons (Fsp3) is 0.250. The van der Waals surface area contributed by atoms with Crippen LogP contribution in [0.3, 0.4) is 0 Å². The maximum atomic E-state index is 14.3. The Bertz CT molecular complexity index is 1370. The molecule has 1 amide bonds. The van der Waals surface area contributed by atoms with E-state index in [4.69, 9.17) is 4.74 Å². The molecule has 2 aliphatic rings. The molecule has 2 aromatic carbocycles. The van der Waals surface area contributed by atoms with Crippen LogP contribution in [0.5, 0.6) is 5.75 Å². The van der Waals surface area contributed by atoms with E-state index >= 15 is 0 Å². The lowest BCUT2D eigenvalue weighted by molar-refractivity contribution is -0.118. The second kappa shape index (κ2) is 9.33. The molecule has 0 unspecified atom stereocenters. The van der Waals surface area contributed by atoms with Crippen molar-refractivity contribution in [1.82, 2.24) is 14.2 Å². The normalized spacial score (nSPS) is 19.4. The van der Waals surface area contributed by atoms with Gasteiger partial charge in [0.15, 0.2) is 0 Å². The average Bonchev–Trinajstić information content (AvgIpc) is 2.90. The van der Waals surface area contributed by atoms with Gasteiger partial charge in [0.05, 0.1) is 18.3 Å². The molecule has 3 aromatic rings. The lowest BCUT2D eigenvalue weighted by atomic mass is 10.0. The minimum Gasteiger partial charge on any atom is -0.490 e. The number of carbonyl (C=O) groups excluding carboxylic acids is 1. The number of nitrogens with one attached hydrogen (secondary N) is 1. The minimum absolute atomic E-state index is 0.0450. The lowest BCUT2D eigenvalue weighted by Gasteiger charge is -2.39. The van der Waals surface area contributed by atoms with Crippen molar-refractivity contribution in [3.8, 4) is 16.9 Å². The van der Waals surface area contributed by atoms with Gasteiger partial charge in [-0.25, -0.2) is 17.2 Å². The molecule has 5 rings (SSSR count). The first-order chi connectivity index (χ1) is 16.8. The van der Waals surface area contributed by atoms with Gasteiger partial charge in [0, 0.05) is 43.7 Å². The number of carbonyl (C=O) groups is 1. The van der Waals surface area contributed by atoms with E-state index in [9.17, 15) is 22.0 Å². The molecule has 182 valence electrons. The maximum Gasteiger partial charge on any atom is 0.244 e. The molecular weight excluding hydrogens is 478 g/mol. The summed E-state index contributed by atoms with van der Waals surface area (Å²) in [7, 11) is -3.73. The number of amides is 1. The Hall–Kier alpha value is -3.41. The average molecular weight is 501 g/mol. The number of anilines is 1. The van der Waals surface area contributed by atoms with Gasteiger partial charge >= 0.3 is 0 Å². The van der Waals surface area contributed by atoms with Crippen LogP contribution in [-0.4, -0.2) is 67.3 Å². The monoisotopic (exact) mass is 500 g/mol. The molecule has 11 heteroatoms. The first-order valence-corrected chi connectivity index (χ1v) is 12.4. The fourth-order valence-corrected chi connectivity index (χ4v) is 5.74. The van der Waals surface area contributed by atoms with Crippen molar-refractivity contribution < 1.29 is 26.7 Å². The Morgan fingerprint density at radius 3 is 2.71 bits per heavy atom. The standard InChI is InChI=1S/C24H22F2N4O4S/c25-17-4-5-20(21(26)11-17)16-3-6-23-22(10-16)28-24(31)14-29-8-9-30(13-18(29)15-34-23)35(32,33)19-2-1-7-27-12-19/h1-7,10-12,18H,8-9,13-15H2,(H,28,31)/t18-/m1/s1. The second-order valence-electron chi connectivity index (χ2n) is 8.37. The lowest BCUT2D eigenvalue weighted by Crippen LogP contribution is -2.57. The summed E-state index contributed by atoms with van der Waals surface area (Å²) in [5.74, 6) is -1.32. The van der Waals surface area contributed by atoms with E-state index in [2.05, 4.69) is 10.3 Å². The van der Waals surface area contributed by atoms with Gasteiger partial charge in [0.2, 0.25) is 15.9 Å². The second-order valence-corrected chi connectivity index (χ2v) is 10.3. The highest BCUT2D eigenvalue weighted by molar-refractivity contribution is 7.89. The van der Waals surface area contributed by atoms with Crippen LogP contribution < -0.4 is 10.1 Å². The zero-order chi connectivity index (χ0) is 24.6. The third-order valence-corrected chi connectivity index (χ3v) is 7.96. The number of piperazine rings is 1. The molecule has 2 aliphatic heterocycles. The summed E-state index contributed by atoms with van der Waals surface area (Å²) in [5, 5.41) is 2.80. The van der Waals surface area contributed by atoms with Crippen molar-refractivity contribution in [2.75, 3.05) is 38.1 Å². The summed E-state index contributed by atoms with van der Waals surface area (Å²) in [6, 6.07) is 10.8. The first-order valence-electron chi connectivity index (χ1n) is 11.0. The Morgan fingerprint density at radius 2 is 1.94 bits per heavy atom. The summed E-state index contributed by atoms with van der Waals surface area (Å²) < 4.78 is 61.1. The highest BCUT2D eigenvalue weighted by atomic mass is 32.2. The predicted octanol–water partition coefficient (Wildman–Crippen LogP) is 2.73. The number of ether oxygens (including phenoxy) is 1. The quantitative estimate of drug-likeness (QED) is 0.595. The van der Waals surface area contributed by atoms with Crippen molar-refractivity contribution in [1.29, 1.82) is 0 Å². The molecule has 0 radical (unpaired) electrons. The number of hydrogen-bond donors (Lipinski definition) is 1. The largest absolute Gasteiger partial charge is 0.490 e. The number of nitrogens with zero attached hydrogens (tertiary/aromatic N) is 3. The molecule has 1 N–H and O–H groups in total. The van der Waals surface area contributed by atoms with E-state index in [1.54, 1.807) is 24.3 Å². The van der Waals surface area contributed by atoms with Crippen LogP contribution in [0.4, 0.5) is 14.5 Å². The molecule has 0 saturated carbocycles. The maximum absolute atomic E-state index is 14.3. The van der Waals surface area contributed by atoms with Gasteiger partial charge in [0.25, 0.3) is 0 Å². The molecule has 1 fully saturated rings. The zero-order valence-corrected chi connectivity index (χ0v) is 19.3. The summed E-state index contributed by atoms with van der Waals surface area (Å²) >= 11 is 0. The number of hydrogen-bond acceptors (Lipinski definition) is 6. The van der Waals surface area contributed by atoms with Gasteiger partial charge in [0.1, 0.15) is 28.9 Å². The van der Waals surface area contributed by atoms with Crippen LogP contribution in [-0.2, 0) is 14.8 Å². The summed E-state index contributed by atoms with van der Waals surface area (Å²) in [6.45, 7) is 0.915. The van der Waals surface area contributed by atoms with Crippen LogP contribution in [0, 0.1) is 11.6 Å². The minimum atomic E-state index is -3.73.